The van der Waals surface area contributed by atoms with Crippen LogP contribution in [0.2, 0.25) is 0 Å². The Morgan fingerprint density at radius 1 is 1.75 bits per heavy atom. The fraction of sp³-hybridized carbons (Fsp3) is 0.333. The maximum Gasteiger partial charge on any atom is 0.353 e. The van der Waals surface area contributed by atoms with E-state index in [4.69, 9.17) is 5.11 Å². The van der Waals surface area contributed by atoms with Gasteiger partial charge in [-0.2, -0.15) is 0 Å². The van der Waals surface area contributed by atoms with Crippen LogP contribution in [0.4, 0.5) is 0 Å². The molecule has 0 radical (unpaired) electrons. The molecule has 0 saturated carbocycles. The number of amides is 1. The largest absolute Gasteiger partial charge is 0.477 e. The number of hydrogen-bond acceptors (Lipinski definition) is 4. The second kappa shape index (κ2) is 2.70. The van der Waals surface area contributed by atoms with E-state index in [2.05, 4.69) is 0 Å². The van der Waals surface area contributed by atoms with Crippen molar-refractivity contribution in [2.45, 2.75) is 11.8 Å². The Labute approximate surface area is 76.4 Å². The van der Waals surface area contributed by atoms with E-state index in [0.29, 0.717) is 6.42 Å². The SMILES string of the molecule is O=C(O)C1=CSS[C@@H]2CC(=O)N12. The highest BCUT2D eigenvalue weighted by Gasteiger charge is 2.43. The van der Waals surface area contributed by atoms with Crippen LogP contribution in [-0.2, 0) is 9.59 Å². The molecular weight excluding hydrogens is 198 g/mol. The average Bonchev–Trinajstić information content (AvgIpc) is 2.01. The van der Waals surface area contributed by atoms with Crippen molar-refractivity contribution >= 4 is 33.5 Å². The Bertz CT molecular complexity index is 289. The van der Waals surface area contributed by atoms with E-state index >= 15 is 0 Å². The molecule has 0 aromatic heterocycles. The number of hydrogen-bond donors (Lipinski definition) is 1. The second-order valence-corrected chi connectivity index (χ2v) is 4.74. The fourth-order valence-corrected chi connectivity index (χ4v) is 3.41. The quantitative estimate of drug-likeness (QED) is 0.506. The topological polar surface area (TPSA) is 57.6 Å². The van der Waals surface area contributed by atoms with Crippen molar-refractivity contribution in [2.24, 2.45) is 0 Å². The van der Waals surface area contributed by atoms with Crippen LogP contribution in [0.5, 0.6) is 0 Å². The van der Waals surface area contributed by atoms with Crippen LogP contribution < -0.4 is 0 Å². The molecule has 1 amide bonds. The number of carboxylic acids is 1. The summed E-state index contributed by atoms with van der Waals surface area (Å²) in [5.74, 6) is -1.12. The normalized spacial score (nSPS) is 27.3. The molecule has 0 aromatic rings. The van der Waals surface area contributed by atoms with Crippen LogP contribution in [0, 0.1) is 0 Å². The molecule has 1 atom stereocenters. The van der Waals surface area contributed by atoms with Crippen LogP contribution in [0.3, 0.4) is 0 Å². The number of aliphatic carboxylic acids is 1. The van der Waals surface area contributed by atoms with E-state index in [1.54, 1.807) is 0 Å². The van der Waals surface area contributed by atoms with Gasteiger partial charge in [0.25, 0.3) is 0 Å². The van der Waals surface area contributed by atoms with Crippen LogP contribution in [0.15, 0.2) is 11.1 Å². The summed E-state index contributed by atoms with van der Waals surface area (Å²) in [7, 11) is 2.90. The Hall–Kier alpha value is -0.620. The van der Waals surface area contributed by atoms with Gasteiger partial charge in [-0.05, 0) is 0 Å². The molecule has 2 aliphatic heterocycles. The lowest BCUT2D eigenvalue weighted by atomic mass is 10.2. The molecule has 1 fully saturated rings. The highest BCUT2D eigenvalue weighted by molar-refractivity contribution is 8.78. The maximum absolute atomic E-state index is 11.0. The molecule has 0 bridgehead atoms. The number of carboxylic acid groups (broad SMARTS) is 1. The number of rotatable bonds is 1. The molecule has 6 heteroatoms. The first-order valence-electron chi connectivity index (χ1n) is 3.28. The van der Waals surface area contributed by atoms with Crippen molar-refractivity contribution in [3.63, 3.8) is 0 Å². The van der Waals surface area contributed by atoms with Gasteiger partial charge in [0.05, 0.1) is 6.42 Å². The van der Waals surface area contributed by atoms with Crippen LogP contribution in [-0.4, -0.2) is 27.3 Å². The summed E-state index contributed by atoms with van der Waals surface area (Å²) in [6.07, 6.45) is 0.461. The Morgan fingerprint density at radius 3 is 3.00 bits per heavy atom. The van der Waals surface area contributed by atoms with Crippen molar-refractivity contribution in [2.75, 3.05) is 0 Å². The number of nitrogens with zero attached hydrogens (tertiary/aromatic N) is 1. The smallest absolute Gasteiger partial charge is 0.353 e. The second-order valence-electron chi connectivity index (χ2n) is 2.42. The average molecular weight is 203 g/mol. The van der Waals surface area contributed by atoms with Gasteiger partial charge in [-0.15, -0.1) is 0 Å². The van der Waals surface area contributed by atoms with Gasteiger partial charge in [-0.1, -0.05) is 21.6 Å². The third-order valence-electron chi connectivity index (χ3n) is 1.71. The van der Waals surface area contributed by atoms with E-state index in [1.807, 2.05) is 0 Å². The van der Waals surface area contributed by atoms with Gasteiger partial charge in [0.2, 0.25) is 5.91 Å². The molecular formula is C6H5NO3S2. The molecule has 2 rings (SSSR count). The summed E-state index contributed by atoms with van der Waals surface area (Å²) in [4.78, 5) is 22.9. The Morgan fingerprint density at radius 2 is 2.50 bits per heavy atom. The number of β-lactam (4-membered cyclic amide) rings is 1. The van der Waals surface area contributed by atoms with Crippen LogP contribution >= 0.6 is 21.6 Å². The van der Waals surface area contributed by atoms with Crippen LogP contribution in [0.25, 0.3) is 0 Å². The van der Waals surface area contributed by atoms with Crippen molar-refractivity contribution in [1.82, 2.24) is 4.90 Å². The van der Waals surface area contributed by atoms with Gasteiger partial charge in [0.1, 0.15) is 11.1 Å². The molecule has 1 saturated heterocycles. The van der Waals surface area contributed by atoms with Crippen LogP contribution in [0.1, 0.15) is 6.42 Å². The Kier molecular flexibility index (Phi) is 1.80. The molecule has 0 aliphatic carbocycles. The van der Waals surface area contributed by atoms with Gasteiger partial charge in [0.15, 0.2) is 0 Å². The number of carbonyl (C=O) groups is 2. The zero-order valence-corrected chi connectivity index (χ0v) is 7.52. The van der Waals surface area contributed by atoms with Gasteiger partial charge >= 0.3 is 5.97 Å². The maximum atomic E-state index is 11.0. The predicted molar refractivity (Wildman–Crippen MR) is 46.2 cm³/mol. The van der Waals surface area contributed by atoms with Crippen molar-refractivity contribution < 1.29 is 14.7 Å². The highest BCUT2D eigenvalue weighted by Crippen LogP contribution is 2.45. The van der Waals surface area contributed by atoms with E-state index < -0.39 is 5.97 Å². The minimum atomic E-state index is -1.03. The molecule has 0 aromatic carbocycles. The molecule has 4 nitrogen and oxygen atoms in total. The van der Waals surface area contributed by atoms with E-state index in [1.165, 1.54) is 31.9 Å². The molecule has 0 unspecified atom stereocenters. The van der Waals surface area contributed by atoms with Gasteiger partial charge < -0.3 is 5.11 Å². The first-order valence-corrected chi connectivity index (χ1v) is 5.55. The van der Waals surface area contributed by atoms with Gasteiger partial charge in [-0.3, -0.25) is 9.69 Å². The zero-order chi connectivity index (χ0) is 8.72. The highest BCUT2D eigenvalue weighted by atomic mass is 33.1. The summed E-state index contributed by atoms with van der Waals surface area (Å²) in [5, 5.41) is 10.2. The first kappa shape index (κ1) is 8.00. The molecule has 2 aliphatic rings. The number of carbonyl (C=O) groups excluding carboxylic acids is 1. The predicted octanol–water partition coefficient (Wildman–Crippen LogP) is 0.866. The summed E-state index contributed by atoms with van der Waals surface area (Å²) in [6, 6.07) is 0. The molecule has 0 spiro atoms. The van der Waals surface area contributed by atoms with Gasteiger partial charge in [-0.25, -0.2) is 4.79 Å². The van der Waals surface area contributed by atoms with Crippen molar-refractivity contribution in [3.05, 3.63) is 11.1 Å². The minimum absolute atomic E-state index is 0.0404. The number of fused-ring (bicyclic) bond motifs is 1. The monoisotopic (exact) mass is 203 g/mol. The lowest BCUT2D eigenvalue weighted by Gasteiger charge is -2.41. The summed E-state index contributed by atoms with van der Waals surface area (Å²) in [6.45, 7) is 0. The summed E-state index contributed by atoms with van der Waals surface area (Å²) in [5.41, 5.74) is 0.111. The van der Waals surface area contributed by atoms with E-state index in [-0.39, 0.29) is 17.0 Å². The lowest BCUT2D eigenvalue weighted by Crippen LogP contribution is -2.51. The summed E-state index contributed by atoms with van der Waals surface area (Å²) < 4.78 is 0. The van der Waals surface area contributed by atoms with E-state index in [0.717, 1.165) is 0 Å². The lowest BCUT2D eigenvalue weighted by molar-refractivity contribution is -0.145. The summed E-state index contributed by atoms with van der Waals surface area (Å²) >= 11 is 0. The Balaban J connectivity index is 2.26. The third kappa shape index (κ3) is 1.02. The standard InChI is InChI=1S/C6H5NO3S2/c8-4-1-5-7(4)3(6(9)10)2-11-12-5/h2,5H,1H2,(H,9,10)/t5-/m1/s1. The van der Waals surface area contributed by atoms with Crippen molar-refractivity contribution in [3.8, 4) is 0 Å². The molecule has 1 N–H and O–H groups in total. The first-order chi connectivity index (χ1) is 5.70. The molecule has 64 valence electrons. The van der Waals surface area contributed by atoms with E-state index in [9.17, 15) is 9.59 Å². The van der Waals surface area contributed by atoms with Crippen molar-refractivity contribution in [1.29, 1.82) is 0 Å². The zero-order valence-electron chi connectivity index (χ0n) is 5.89. The molecule has 12 heavy (non-hydrogen) atoms. The van der Waals surface area contributed by atoms with Gasteiger partial charge in [0, 0.05) is 5.41 Å². The minimum Gasteiger partial charge on any atom is -0.477 e. The fourth-order valence-electron chi connectivity index (χ4n) is 1.10. The third-order valence-corrected chi connectivity index (χ3v) is 4.03. The molecule has 2 heterocycles.